The van der Waals surface area contributed by atoms with Gasteiger partial charge in [0.05, 0.1) is 6.54 Å². The van der Waals surface area contributed by atoms with Crippen LogP contribution in [-0.4, -0.2) is 29.6 Å². The van der Waals surface area contributed by atoms with Gasteiger partial charge in [0, 0.05) is 0 Å². The number of hydrogen-bond donors (Lipinski definition) is 2. The van der Waals surface area contributed by atoms with E-state index >= 15 is 0 Å². The number of rotatable bonds is 3. The summed E-state index contributed by atoms with van der Waals surface area (Å²) >= 11 is 0. The third-order valence-electron chi connectivity index (χ3n) is 1.14. The molecule has 0 radical (unpaired) electrons. The molecule has 0 aromatic carbocycles. The van der Waals surface area contributed by atoms with E-state index in [0.29, 0.717) is 0 Å². The van der Waals surface area contributed by atoms with Crippen LogP contribution in [0.1, 0.15) is 6.92 Å². The van der Waals surface area contributed by atoms with E-state index in [1.54, 1.807) is 11.2 Å². The fourth-order valence-electron chi connectivity index (χ4n) is 0.408. The van der Waals surface area contributed by atoms with Crippen LogP contribution >= 0.6 is 0 Å². The third-order valence-corrected chi connectivity index (χ3v) is 1.14. The minimum absolute atomic E-state index is 0.809. The van der Waals surface area contributed by atoms with Gasteiger partial charge in [-0.1, -0.05) is 5.92 Å². The molecular weight excluding hydrogens is 168 g/mol. The highest BCUT2D eigenvalue weighted by atomic mass is 19.3. The van der Waals surface area contributed by atoms with Crippen molar-refractivity contribution < 1.29 is 18.7 Å². The van der Waals surface area contributed by atoms with Crippen LogP contribution in [0.15, 0.2) is 0 Å². The average molecular weight is 177 g/mol. The summed E-state index contributed by atoms with van der Waals surface area (Å²) in [4.78, 5) is 10.8. The van der Waals surface area contributed by atoms with Gasteiger partial charge in [-0.05, 0) is 6.92 Å². The van der Waals surface area contributed by atoms with Gasteiger partial charge in [-0.2, -0.15) is 0 Å². The minimum Gasteiger partial charge on any atom is -0.370 e. The smallest absolute Gasteiger partial charge is 0.264 e. The third kappa shape index (κ3) is 3.30. The molecule has 12 heavy (non-hydrogen) atoms. The van der Waals surface area contributed by atoms with Crippen molar-refractivity contribution in [3.05, 3.63) is 0 Å². The molecule has 2 N–H and O–H groups in total. The Labute approximate surface area is 68.8 Å². The Morgan fingerprint density at radius 1 is 1.83 bits per heavy atom. The van der Waals surface area contributed by atoms with Crippen molar-refractivity contribution >= 4 is 5.91 Å². The van der Waals surface area contributed by atoms with Crippen molar-refractivity contribution in [3.63, 3.8) is 0 Å². The first kappa shape index (κ1) is 10.8. The lowest BCUT2D eigenvalue weighted by Crippen LogP contribution is -2.44. The van der Waals surface area contributed by atoms with E-state index in [1.807, 2.05) is 0 Å². The molecule has 0 fully saturated rings. The maximum absolute atomic E-state index is 11.5. The topological polar surface area (TPSA) is 49.3 Å². The fourth-order valence-corrected chi connectivity index (χ4v) is 0.408. The van der Waals surface area contributed by atoms with Gasteiger partial charge in [0.25, 0.3) is 12.3 Å². The molecule has 3 nitrogen and oxygen atoms in total. The number of carbonyl (C=O) groups excluding carboxylic acids is 1. The molecule has 1 atom stereocenters. The minimum atomic E-state index is -2.65. The van der Waals surface area contributed by atoms with Crippen LogP contribution in [-0.2, 0) is 4.79 Å². The monoisotopic (exact) mass is 177 g/mol. The molecule has 1 unspecified atom stereocenters. The van der Waals surface area contributed by atoms with Crippen LogP contribution in [0.2, 0.25) is 0 Å². The van der Waals surface area contributed by atoms with Gasteiger partial charge in [0.2, 0.25) is 5.60 Å². The molecule has 0 aliphatic heterocycles. The van der Waals surface area contributed by atoms with E-state index < -0.39 is 24.5 Å². The summed E-state index contributed by atoms with van der Waals surface area (Å²) in [6.45, 7) is 0.241. The van der Waals surface area contributed by atoms with E-state index in [2.05, 4.69) is 0 Å². The molecule has 0 spiro atoms. The van der Waals surface area contributed by atoms with Gasteiger partial charge in [0.15, 0.2) is 0 Å². The molecule has 0 bridgehead atoms. The zero-order chi connectivity index (χ0) is 9.78. The molecule has 0 saturated heterocycles. The summed E-state index contributed by atoms with van der Waals surface area (Å²) in [5.41, 5.74) is -2.02. The van der Waals surface area contributed by atoms with Crippen LogP contribution in [0.25, 0.3) is 0 Å². The fraction of sp³-hybridized carbons (Fsp3) is 0.571. The number of amides is 1. The highest BCUT2D eigenvalue weighted by molar-refractivity contribution is 5.87. The molecule has 0 aliphatic carbocycles. The van der Waals surface area contributed by atoms with Crippen LogP contribution in [0.4, 0.5) is 8.78 Å². The Balaban J connectivity index is 3.99. The van der Waals surface area contributed by atoms with E-state index in [4.69, 9.17) is 11.5 Å². The van der Waals surface area contributed by atoms with Gasteiger partial charge >= 0.3 is 0 Å². The number of terminal acetylenes is 1. The van der Waals surface area contributed by atoms with Crippen molar-refractivity contribution in [2.75, 3.05) is 6.54 Å². The number of halogens is 2. The number of aliphatic hydroxyl groups is 1. The second-order valence-electron chi connectivity index (χ2n) is 2.32. The molecular formula is C7H9F2NO2. The Kier molecular flexibility index (Phi) is 3.64. The number of carbonyl (C=O) groups is 1. The van der Waals surface area contributed by atoms with Crippen molar-refractivity contribution in [1.29, 1.82) is 0 Å². The highest BCUT2D eigenvalue weighted by Crippen LogP contribution is 2.00. The highest BCUT2D eigenvalue weighted by Gasteiger charge is 2.27. The van der Waals surface area contributed by atoms with Gasteiger partial charge in [-0.15, -0.1) is 6.42 Å². The molecule has 0 aliphatic rings. The molecule has 0 saturated carbocycles. The molecule has 5 heteroatoms. The standard InChI is InChI=1S/C7H9F2NO2/c1-3-7(2,12)6(11)10-4-5(8)9/h1,5,12H,4H2,2H3,(H,10,11). The number of alkyl halides is 2. The van der Waals surface area contributed by atoms with Crippen LogP contribution < -0.4 is 5.32 Å². The lowest BCUT2D eigenvalue weighted by Gasteiger charge is -2.14. The lowest BCUT2D eigenvalue weighted by atomic mass is 10.1. The number of nitrogens with one attached hydrogen (secondary N) is 1. The van der Waals surface area contributed by atoms with Crippen LogP contribution in [0.3, 0.4) is 0 Å². The first-order chi connectivity index (χ1) is 5.40. The van der Waals surface area contributed by atoms with Gasteiger partial charge in [0.1, 0.15) is 0 Å². The van der Waals surface area contributed by atoms with Gasteiger partial charge < -0.3 is 10.4 Å². The summed E-state index contributed by atoms with van der Waals surface area (Å²) in [6.07, 6.45) is 2.11. The normalized spacial score (nSPS) is 15.0. The van der Waals surface area contributed by atoms with E-state index in [0.717, 1.165) is 6.92 Å². The lowest BCUT2D eigenvalue weighted by molar-refractivity contribution is -0.133. The molecule has 0 rings (SSSR count). The molecule has 0 aromatic heterocycles. The summed E-state index contributed by atoms with van der Waals surface area (Å²) in [5, 5.41) is 10.8. The SMILES string of the molecule is C#CC(C)(O)C(=O)NCC(F)F. The van der Waals surface area contributed by atoms with E-state index in [1.165, 1.54) is 0 Å². The maximum Gasteiger partial charge on any atom is 0.264 e. The predicted molar refractivity (Wildman–Crippen MR) is 38.5 cm³/mol. The van der Waals surface area contributed by atoms with Gasteiger partial charge in [-0.3, -0.25) is 4.79 Å². The van der Waals surface area contributed by atoms with E-state index in [-0.39, 0.29) is 0 Å². The quantitative estimate of drug-likeness (QED) is 0.584. The van der Waals surface area contributed by atoms with Crippen molar-refractivity contribution in [3.8, 4) is 12.3 Å². The molecule has 0 heterocycles. The Hall–Kier alpha value is -1.15. The van der Waals surface area contributed by atoms with Crippen LogP contribution in [0, 0.1) is 12.3 Å². The largest absolute Gasteiger partial charge is 0.370 e. The molecule has 68 valence electrons. The summed E-state index contributed by atoms with van der Waals surface area (Å²) in [7, 11) is 0. The summed E-state index contributed by atoms with van der Waals surface area (Å²) in [6, 6.07) is 0. The van der Waals surface area contributed by atoms with Crippen LogP contribution in [0.5, 0.6) is 0 Å². The van der Waals surface area contributed by atoms with Crippen molar-refractivity contribution in [2.45, 2.75) is 19.0 Å². The first-order valence-corrected chi connectivity index (χ1v) is 3.16. The average Bonchev–Trinajstić information content (AvgIpc) is 2.00. The Morgan fingerprint density at radius 2 is 2.33 bits per heavy atom. The van der Waals surface area contributed by atoms with Crippen molar-refractivity contribution in [1.82, 2.24) is 5.32 Å². The Bertz CT molecular complexity index is 208. The molecule has 0 aromatic rings. The Morgan fingerprint density at radius 3 is 2.67 bits per heavy atom. The second-order valence-corrected chi connectivity index (χ2v) is 2.32. The zero-order valence-electron chi connectivity index (χ0n) is 6.47. The number of hydrogen-bond acceptors (Lipinski definition) is 2. The maximum atomic E-state index is 11.5. The first-order valence-electron chi connectivity index (χ1n) is 3.16. The van der Waals surface area contributed by atoms with Gasteiger partial charge in [-0.25, -0.2) is 8.78 Å². The van der Waals surface area contributed by atoms with E-state index in [9.17, 15) is 13.6 Å². The zero-order valence-corrected chi connectivity index (χ0v) is 6.47. The predicted octanol–water partition coefficient (Wildman–Crippen LogP) is -0.248. The molecule has 1 amide bonds. The van der Waals surface area contributed by atoms with Crippen molar-refractivity contribution in [2.24, 2.45) is 0 Å². The summed E-state index contributed by atoms with van der Waals surface area (Å²) in [5.74, 6) is 0.768. The second kappa shape index (κ2) is 4.02. The summed E-state index contributed by atoms with van der Waals surface area (Å²) < 4.78 is 23.1.